The van der Waals surface area contributed by atoms with Gasteiger partial charge in [0, 0.05) is 17.4 Å². The Labute approximate surface area is 148 Å². The SMILES string of the molecule is Cc1cc(C(=O)NC(c2ccccc2)C(C)C(=O)O)c(C)n1C(C)C. The number of carboxylic acid groups (broad SMARTS) is 1. The molecule has 1 aromatic carbocycles. The van der Waals surface area contributed by atoms with Crippen molar-refractivity contribution in [2.24, 2.45) is 5.92 Å². The van der Waals surface area contributed by atoms with Gasteiger partial charge in [0.15, 0.2) is 0 Å². The Morgan fingerprint density at radius 1 is 1.08 bits per heavy atom. The van der Waals surface area contributed by atoms with Gasteiger partial charge in [0.2, 0.25) is 0 Å². The molecule has 1 aromatic heterocycles. The van der Waals surface area contributed by atoms with E-state index in [1.807, 2.05) is 50.2 Å². The number of nitrogens with one attached hydrogen (secondary N) is 1. The highest BCUT2D eigenvalue weighted by Gasteiger charge is 2.28. The van der Waals surface area contributed by atoms with Crippen LogP contribution >= 0.6 is 0 Å². The van der Waals surface area contributed by atoms with Crippen LogP contribution in [-0.2, 0) is 4.79 Å². The lowest BCUT2D eigenvalue weighted by atomic mass is 9.94. The van der Waals surface area contributed by atoms with Crippen molar-refractivity contribution >= 4 is 11.9 Å². The zero-order chi connectivity index (χ0) is 18.7. The van der Waals surface area contributed by atoms with Crippen LogP contribution in [0.5, 0.6) is 0 Å². The number of aryl methyl sites for hydroxylation is 1. The number of hydrogen-bond acceptors (Lipinski definition) is 2. The Morgan fingerprint density at radius 3 is 2.16 bits per heavy atom. The molecule has 2 unspecified atom stereocenters. The Hall–Kier alpha value is -2.56. The topological polar surface area (TPSA) is 71.3 Å². The van der Waals surface area contributed by atoms with Crippen molar-refractivity contribution in [2.45, 2.75) is 46.7 Å². The number of aliphatic carboxylic acids is 1. The second kappa shape index (κ2) is 7.55. The van der Waals surface area contributed by atoms with Crippen LogP contribution in [0.1, 0.15) is 60.2 Å². The zero-order valence-corrected chi connectivity index (χ0v) is 15.4. The predicted octanol–water partition coefficient (Wildman–Crippen LogP) is 3.88. The minimum Gasteiger partial charge on any atom is -0.481 e. The van der Waals surface area contributed by atoms with Crippen LogP contribution in [0, 0.1) is 19.8 Å². The second-order valence-corrected chi connectivity index (χ2v) is 6.74. The van der Waals surface area contributed by atoms with E-state index in [1.54, 1.807) is 6.92 Å². The molecule has 0 aliphatic heterocycles. The number of rotatable bonds is 6. The molecule has 0 radical (unpaired) electrons. The fraction of sp³-hybridized carbons (Fsp3) is 0.400. The van der Waals surface area contributed by atoms with Crippen molar-refractivity contribution in [3.8, 4) is 0 Å². The Morgan fingerprint density at radius 2 is 1.68 bits per heavy atom. The molecule has 2 N–H and O–H groups in total. The van der Waals surface area contributed by atoms with Gasteiger partial charge >= 0.3 is 5.97 Å². The second-order valence-electron chi connectivity index (χ2n) is 6.74. The maximum atomic E-state index is 12.8. The maximum absolute atomic E-state index is 12.8. The number of amides is 1. The Balaban J connectivity index is 2.35. The molecule has 0 aliphatic rings. The lowest BCUT2D eigenvalue weighted by Gasteiger charge is -2.23. The van der Waals surface area contributed by atoms with Crippen LogP contribution in [-0.4, -0.2) is 21.6 Å². The predicted molar refractivity (Wildman–Crippen MR) is 97.7 cm³/mol. The summed E-state index contributed by atoms with van der Waals surface area (Å²) in [5, 5.41) is 12.3. The van der Waals surface area contributed by atoms with Gasteiger partial charge in [-0.05, 0) is 46.2 Å². The minimum absolute atomic E-state index is 0.248. The quantitative estimate of drug-likeness (QED) is 0.837. The minimum atomic E-state index is -0.943. The molecule has 2 atom stereocenters. The van der Waals surface area contributed by atoms with E-state index in [0.29, 0.717) is 5.56 Å². The van der Waals surface area contributed by atoms with Crippen LogP contribution in [0.4, 0.5) is 0 Å². The molecule has 134 valence electrons. The molecule has 2 aromatic rings. The van der Waals surface area contributed by atoms with E-state index >= 15 is 0 Å². The van der Waals surface area contributed by atoms with Gasteiger partial charge in [-0.1, -0.05) is 30.3 Å². The van der Waals surface area contributed by atoms with Crippen LogP contribution in [0.15, 0.2) is 36.4 Å². The summed E-state index contributed by atoms with van der Waals surface area (Å²) >= 11 is 0. The number of benzene rings is 1. The molecule has 1 heterocycles. The number of carbonyl (C=O) groups is 2. The summed E-state index contributed by atoms with van der Waals surface area (Å²) in [6, 6.07) is 10.7. The van der Waals surface area contributed by atoms with Gasteiger partial charge in [-0.2, -0.15) is 0 Å². The highest BCUT2D eigenvalue weighted by Crippen LogP contribution is 2.25. The average Bonchev–Trinajstić information content (AvgIpc) is 2.87. The highest BCUT2D eigenvalue weighted by molar-refractivity contribution is 5.96. The molecule has 2 rings (SSSR count). The van der Waals surface area contributed by atoms with Crippen LogP contribution in [0.3, 0.4) is 0 Å². The van der Waals surface area contributed by atoms with Crippen molar-refractivity contribution < 1.29 is 14.7 Å². The summed E-state index contributed by atoms with van der Waals surface area (Å²) in [4.78, 5) is 24.3. The summed E-state index contributed by atoms with van der Waals surface area (Å²) in [6.45, 7) is 9.64. The fourth-order valence-electron chi connectivity index (χ4n) is 3.32. The average molecular weight is 342 g/mol. The van der Waals surface area contributed by atoms with Gasteiger partial charge in [0.05, 0.1) is 17.5 Å². The summed E-state index contributed by atoms with van der Waals surface area (Å²) in [5.41, 5.74) is 3.27. The van der Waals surface area contributed by atoms with Crippen LogP contribution in [0.25, 0.3) is 0 Å². The number of carboxylic acids is 1. The first-order chi connectivity index (χ1) is 11.7. The number of nitrogens with zero attached hydrogens (tertiary/aromatic N) is 1. The maximum Gasteiger partial charge on any atom is 0.308 e. The molecule has 0 saturated heterocycles. The third kappa shape index (κ3) is 3.92. The van der Waals surface area contributed by atoms with E-state index in [-0.39, 0.29) is 11.9 Å². The van der Waals surface area contributed by atoms with Crippen molar-refractivity contribution in [2.75, 3.05) is 0 Å². The molecule has 5 heteroatoms. The van der Waals surface area contributed by atoms with Gasteiger partial charge in [-0.3, -0.25) is 9.59 Å². The first kappa shape index (κ1) is 18.8. The van der Waals surface area contributed by atoms with E-state index in [2.05, 4.69) is 23.7 Å². The standard InChI is InChI=1S/C20H26N2O3/c1-12(2)22-13(3)11-17(15(22)5)19(23)21-18(14(4)20(24)25)16-9-7-6-8-10-16/h6-12,14,18H,1-5H3,(H,21,23)(H,24,25). The number of carbonyl (C=O) groups excluding carboxylic acids is 1. The molecule has 0 aliphatic carbocycles. The molecule has 0 saturated carbocycles. The van der Waals surface area contributed by atoms with Crippen LogP contribution < -0.4 is 5.32 Å². The first-order valence-electron chi connectivity index (χ1n) is 8.51. The molecule has 0 fully saturated rings. The molecule has 5 nitrogen and oxygen atoms in total. The third-order valence-corrected chi connectivity index (χ3v) is 4.58. The van der Waals surface area contributed by atoms with E-state index < -0.39 is 17.9 Å². The lowest BCUT2D eigenvalue weighted by Crippen LogP contribution is -2.35. The van der Waals surface area contributed by atoms with Crippen molar-refractivity contribution in [1.82, 2.24) is 9.88 Å². The fourth-order valence-corrected chi connectivity index (χ4v) is 3.32. The number of hydrogen-bond donors (Lipinski definition) is 2. The van der Waals surface area contributed by atoms with Gasteiger partial charge in [-0.15, -0.1) is 0 Å². The smallest absolute Gasteiger partial charge is 0.308 e. The molecular formula is C20H26N2O3. The molecular weight excluding hydrogens is 316 g/mol. The zero-order valence-electron chi connectivity index (χ0n) is 15.4. The summed E-state index contributed by atoms with van der Waals surface area (Å²) in [7, 11) is 0. The lowest BCUT2D eigenvalue weighted by molar-refractivity contribution is -0.142. The third-order valence-electron chi connectivity index (χ3n) is 4.58. The first-order valence-corrected chi connectivity index (χ1v) is 8.51. The van der Waals surface area contributed by atoms with Crippen molar-refractivity contribution in [3.63, 3.8) is 0 Å². The number of aromatic nitrogens is 1. The molecule has 25 heavy (non-hydrogen) atoms. The van der Waals surface area contributed by atoms with Crippen molar-refractivity contribution in [1.29, 1.82) is 0 Å². The Kier molecular flexibility index (Phi) is 5.67. The summed E-state index contributed by atoms with van der Waals surface area (Å²) < 4.78 is 2.10. The highest BCUT2D eigenvalue weighted by atomic mass is 16.4. The molecule has 0 spiro atoms. The Bertz CT molecular complexity index is 763. The largest absolute Gasteiger partial charge is 0.481 e. The van der Waals surface area contributed by atoms with E-state index in [9.17, 15) is 14.7 Å². The van der Waals surface area contributed by atoms with E-state index in [0.717, 1.165) is 17.0 Å². The van der Waals surface area contributed by atoms with Crippen LogP contribution in [0.2, 0.25) is 0 Å². The monoisotopic (exact) mass is 342 g/mol. The summed E-state index contributed by atoms with van der Waals surface area (Å²) in [5.74, 6) is -1.93. The van der Waals surface area contributed by atoms with Gasteiger partial charge < -0.3 is 15.0 Å². The van der Waals surface area contributed by atoms with E-state index in [1.165, 1.54) is 0 Å². The van der Waals surface area contributed by atoms with Crippen molar-refractivity contribution in [3.05, 3.63) is 58.9 Å². The van der Waals surface area contributed by atoms with E-state index in [4.69, 9.17) is 0 Å². The van der Waals surface area contributed by atoms with Gasteiger partial charge in [0.1, 0.15) is 0 Å². The normalized spacial score (nSPS) is 13.5. The van der Waals surface area contributed by atoms with Gasteiger partial charge in [0.25, 0.3) is 5.91 Å². The summed E-state index contributed by atoms with van der Waals surface area (Å²) in [6.07, 6.45) is 0. The van der Waals surface area contributed by atoms with Gasteiger partial charge in [-0.25, -0.2) is 0 Å². The molecule has 1 amide bonds. The molecule has 0 bridgehead atoms.